The quantitative estimate of drug-likeness (QED) is 0.515. The van der Waals surface area contributed by atoms with E-state index in [0.717, 1.165) is 43.3 Å². The van der Waals surface area contributed by atoms with Crippen molar-refractivity contribution in [1.82, 2.24) is 14.9 Å². The van der Waals surface area contributed by atoms with Gasteiger partial charge in [0.25, 0.3) is 0 Å². The van der Waals surface area contributed by atoms with E-state index in [1.165, 1.54) is 0 Å². The molecule has 0 spiro atoms. The number of guanidine groups is 1. The lowest BCUT2D eigenvalue weighted by Crippen LogP contribution is -2.41. The van der Waals surface area contributed by atoms with Gasteiger partial charge >= 0.3 is 0 Å². The van der Waals surface area contributed by atoms with Crippen molar-refractivity contribution in [2.45, 2.75) is 38.6 Å². The first kappa shape index (κ1) is 21.7. The third-order valence-corrected chi connectivity index (χ3v) is 5.97. The van der Waals surface area contributed by atoms with Crippen molar-refractivity contribution in [1.29, 1.82) is 0 Å². The van der Waals surface area contributed by atoms with Gasteiger partial charge in [-0.1, -0.05) is 24.3 Å². The summed E-state index contributed by atoms with van der Waals surface area (Å²) in [4.78, 5) is 6.45. The zero-order valence-electron chi connectivity index (χ0n) is 16.7. The Morgan fingerprint density at radius 2 is 2.04 bits per heavy atom. The molecule has 0 amide bonds. The number of sulfonamides is 1. The van der Waals surface area contributed by atoms with Gasteiger partial charge in [0.05, 0.1) is 12.4 Å². The second-order valence-corrected chi connectivity index (χ2v) is 9.07. The molecule has 1 aromatic carbocycles. The van der Waals surface area contributed by atoms with Crippen molar-refractivity contribution in [2.75, 3.05) is 33.9 Å². The predicted molar refractivity (Wildman–Crippen MR) is 109 cm³/mol. The Bertz CT molecular complexity index is 728. The van der Waals surface area contributed by atoms with Gasteiger partial charge in [-0.3, -0.25) is 4.99 Å². The second-order valence-electron chi connectivity index (χ2n) is 7.31. The molecule has 1 aliphatic rings. The van der Waals surface area contributed by atoms with Crippen LogP contribution in [-0.2, 0) is 27.1 Å². The van der Waals surface area contributed by atoms with Gasteiger partial charge in [0.2, 0.25) is 10.0 Å². The molecule has 152 valence electrons. The lowest BCUT2D eigenvalue weighted by molar-refractivity contribution is 0.181. The van der Waals surface area contributed by atoms with Crippen LogP contribution in [0.5, 0.6) is 0 Å². The molecule has 0 aliphatic carbocycles. The highest BCUT2D eigenvalue weighted by molar-refractivity contribution is 7.88. The molecule has 1 unspecified atom stereocenters. The third-order valence-electron chi connectivity index (χ3n) is 4.45. The van der Waals surface area contributed by atoms with E-state index < -0.39 is 10.0 Å². The van der Waals surface area contributed by atoms with Gasteiger partial charge < -0.3 is 15.0 Å². The topological polar surface area (TPSA) is 83.0 Å². The zero-order chi connectivity index (χ0) is 19.9. The summed E-state index contributed by atoms with van der Waals surface area (Å²) in [5.74, 6) is 1.28. The smallest absolute Gasteiger partial charge is 0.216 e. The highest BCUT2D eigenvalue weighted by Gasteiger charge is 2.19. The van der Waals surface area contributed by atoms with Crippen molar-refractivity contribution in [2.24, 2.45) is 10.9 Å². The van der Waals surface area contributed by atoms with Gasteiger partial charge in [-0.2, -0.15) is 0 Å². The van der Waals surface area contributed by atoms with E-state index in [9.17, 15) is 8.42 Å². The maximum Gasteiger partial charge on any atom is 0.216 e. The summed E-state index contributed by atoms with van der Waals surface area (Å²) in [5, 5.41) is 3.35. The van der Waals surface area contributed by atoms with Crippen LogP contribution in [0.3, 0.4) is 0 Å². The first-order valence-corrected chi connectivity index (χ1v) is 11.0. The van der Waals surface area contributed by atoms with E-state index in [4.69, 9.17) is 4.74 Å². The second kappa shape index (κ2) is 10.1. The van der Waals surface area contributed by atoms with Gasteiger partial charge in [0.15, 0.2) is 5.96 Å². The zero-order valence-corrected chi connectivity index (χ0v) is 17.6. The Morgan fingerprint density at radius 1 is 1.33 bits per heavy atom. The third kappa shape index (κ3) is 7.12. The SMILES string of the molecule is CN=C(NCc1ccccc1CS(=O)(=O)NC(C)C)N(C)CC1CCOC1. The van der Waals surface area contributed by atoms with Gasteiger partial charge in [-0.05, 0) is 31.4 Å². The van der Waals surface area contributed by atoms with Gasteiger partial charge in [0.1, 0.15) is 0 Å². The van der Waals surface area contributed by atoms with E-state index in [1.54, 1.807) is 7.05 Å². The average Bonchev–Trinajstić information content (AvgIpc) is 3.08. The molecule has 7 nitrogen and oxygen atoms in total. The van der Waals surface area contributed by atoms with Crippen molar-refractivity contribution in [3.63, 3.8) is 0 Å². The average molecular weight is 397 g/mol. The number of nitrogens with zero attached hydrogens (tertiary/aromatic N) is 2. The number of ether oxygens (including phenoxy) is 1. The number of aliphatic imine (C=N–C) groups is 1. The molecule has 1 heterocycles. The molecular formula is C19H32N4O3S. The van der Waals surface area contributed by atoms with Gasteiger partial charge in [-0.15, -0.1) is 0 Å². The van der Waals surface area contributed by atoms with Crippen LogP contribution in [0, 0.1) is 5.92 Å². The molecule has 1 atom stereocenters. The minimum atomic E-state index is -3.36. The summed E-state index contributed by atoms with van der Waals surface area (Å²) in [7, 11) is 0.402. The number of rotatable bonds is 8. The van der Waals surface area contributed by atoms with Crippen LogP contribution < -0.4 is 10.0 Å². The molecular weight excluding hydrogens is 364 g/mol. The van der Waals surface area contributed by atoms with E-state index >= 15 is 0 Å². The van der Waals surface area contributed by atoms with Crippen LogP contribution in [-0.4, -0.2) is 59.2 Å². The Balaban J connectivity index is 2.00. The number of hydrogen-bond donors (Lipinski definition) is 2. The predicted octanol–water partition coefficient (Wildman–Crippen LogP) is 1.56. The van der Waals surface area contributed by atoms with Crippen LogP contribution in [0.2, 0.25) is 0 Å². The maximum absolute atomic E-state index is 12.3. The van der Waals surface area contributed by atoms with Crippen LogP contribution in [0.1, 0.15) is 31.4 Å². The minimum Gasteiger partial charge on any atom is -0.381 e. The molecule has 0 aromatic heterocycles. The molecule has 0 radical (unpaired) electrons. The van der Waals surface area contributed by atoms with E-state index in [2.05, 4.69) is 19.9 Å². The van der Waals surface area contributed by atoms with Crippen LogP contribution >= 0.6 is 0 Å². The Hall–Kier alpha value is -1.64. The lowest BCUT2D eigenvalue weighted by Gasteiger charge is -2.25. The fourth-order valence-corrected chi connectivity index (χ4v) is 4.73. The fourth-order valence-electron chi connectivity index (χ4n) is 3.24. The van der Waals surface area contributed by atoms with Crippen molar-refractivity contribution < 1.29 is 13.2 Å². The van der Waals surface area contributed by atoms with Gasteiger partial charge in [0, 0.05) is 45.8 Å². The summed E-state index contributed by atoms with van der Waals surface area (Å²) in [5.41, 5.74) is 1.74. The first-order valence-electron chi connectivity index (χ1n) is 9.37. The summed E-state index contributed by atoms with van der Waals surface area (Å²) in [6, 6.07) is 7.48. The molecule has 1 saturated heterocycles. The Labute approximate surface area is 163 Å². The summed E-state index contributed by atoms with van der Waals surface area (Å²) < 4.78 is 32.6. The minimum absolute atomic E-state index is 0.0309. The summed E-state index contributed by atoms with van der Waals surface area (Å²) >= 11 is 0. The Kier molecular flexibility index (Phi) is 8.07. The fraction of sp³-hybridized carbons (Fsp3) is 0.632. The molecule has 1 fully saturated rings. The van der Waals surface area contributed by atoms with Crippen LogP contribution in [0.25, 0.3) is 0 Å². The largest absolute Gasteiger partial charge is 0.381 e. The van der Waals surface area contributed by atoms with E-state index in [1.807, 2.05) is 45.2 Å². The molecule has 2 N–H and O–H groups in total. The maximum atomic E-state index is 12.3. The van der Waals surface area contributed by atoms with Crippen LogP contribution in [0.15, 0.2) is 29.3 Å². The molecule has 1 aromatic rings. The van der Waals surface area contributed by atoms with E-state index in [0.29, 0.717) is 12.5 Å². The summed E-state index contributed by atoms with van der Waals surface area (Å²) in [6.45, 7) is 6.67. The Morgan fingerprint density at radius 3 is 2.63 bits per heavy atom. The molecule has 2 rings (SSSR count). The molecule has 0 saturated carbocycles. The van der Waals surface area contributed by atoms with Crippen molar-refractivity contribution in [3.8, 4) is 0 Å². The summed E-state index contributed by atoms with van der Waals surface area (Å²) in [6.07, 6.45) is 1.07. The normalized spacial score (nSPS) is 18.1. The molecule has 0 bridgehead atoms. The lowest BCUT2D eigenvalue weighted by atomic mass is 10.1. The molecule has 27 heavy (non-hydrogen) atoms. The highest BCUT2D eigenvalue weighted by Crippen LogP contribution is 2.14. The van der Waals surface area contributed by atoms with Crippen LogP contribution in [0.4, 0.5) is 0 Å². The number of benzene rings is 1. The van der Waals surface area contributed by atoms with Gasteiger partial charge in [-0.25, -0.2) is 13.1 Å². The first-order chi connectivity index (χ1) is 12.8. The monoisotopic (exact) mass is 396 g/mol. The van der Waals surface area contributed by atoms with E-state index in [-0.39, 0.29) is 11.8 Å². The number of hydrogen-bond acceptors (Lipinski definition) is 4. The standard InChI is InChI=1S/C19H32N4O3S/c1-15(2)22-27(24,25)14-18-8-6-5-7-17(18)11-21-19(20-3)23(4)12-16-9-10-26-13-16/h5-8,15-16,22H,9-14H2,1-4H3,(H,20,21). The molecule has 8 heteroatoms. The molecule has 1 aliphatic heterocycles. The number of nitrogens with one attached hydrogen (secondary N) is 2. The van der Waals surface area contributed by atoms with Crippen molar-refractivity contribution in [3.05, 3.63) is 35.4 Å². The van der Waals surface area contributed by atoms with Crippen molar-refractivity contribution >= 4 is 16.0 Å². The highest BCUT2D eigenvalue weighted by atomic mass is 32.2.